The van der Waals surface area contributed by atoms with Crippen LogP contribution in [0.15, 0.2) is 12.2 Å². The second-order valence-electron chi connectivity index (χ2n) is 20.3. The van der Waals surface area contributed by atoms with Gasteiger partial charge in [0.2, 0.25) is 5.91 Å². The second kappa shape index (κ2) is 55.2. The van der Waals surface area contributed by atoms with Gasteiger partial charge in [0.25, 0.3) is 0 Å². The summed E-state index contributed by atoms with van der Waals surface area (Å²) in [6.45, 7) is 4.95. The lowest BCUT2D eigenvalue weighted by molar-refractivity contribution is -0.143. The minimum absolute atomic E-state index is 0.00912. The van der Waals surface area contributed by atoms with Crippen LogP contribution < -0.4 is 5.32 Å². The van der Waals surface area contributed by atoms with Crippen LogP contribution in [0.4, 0.5) is 0 Å². The van der Waals surface area contributed by atoms with Gasteiger partial charge < -0.3 is 20.3 Å². The molecular formula is C59H115NO5. The zero-order chi connectivity index (χ0) is 47.2. The lowest BCUT2D eigenvalue weighted by atomic mass is 10.0. The van der Waals surface area contributed by atoms with Crippen molar-refractivity contribution in [1.82, 2.24) is 5.32 Å². The first-order valence-corrected chi connectivity index (χ1v) is 29.4. The smallest absolute Gasteiger partial charge is 0.305 e. The Kier molecular flexibility index (Phi) is 54.0. The standard InChI is InChI=1S/C59H115NO5/c1-3-5-7-9-11-13-15-17-19-20-21-22-24-27-31-35-39-43-47-51-57(62)56(55-61)60-58(63)52-48-44-40-36-32-28-25-26-30-34-38-42-46-50-54-65-59(64)53-49-45-41-37-33-29-23-18-16-14-12-10-8-6-4-2/h18,23,56-57,61-62H,3-17,19-22,24-55H2,1-2H3,(H,60,63)/b23-18-. The van der Waals surface area contributed by atoms with Crippen LogP contribution in [0.2, 0.25) is 0 Å². The number of carbonyl (C=O) groups is 2. The van der Waals surface area contributed by atoms with Crippen LogP contribution in [0.3, 0.4) is 0 Å². The Labute approximate surface area is 406 Å². The molecule has 0 heterocycles. The van der Waals surface area contributed by atoms with E-state index in [1.54, 1.807) is 0 Å². The zero-order valence-electron chi connectivity index (χ0n) is 44.0. The van der Waals surface area contributed by atoms with Gasteiger partial charge in [0, 0.05) is 12.8 Å². The number of ether oxygens (including phenoxy) is 1. The molecule has 0 spiro atoms. The number of hydrogen-bond acceptors (Lipinski definition) is 5. The Morgan fingerprint density at radius 2 is 0.723 bits per heavy atom. The Morgan fingerprint density at radius 1 is 0.415 bits per heavy atom. The molecule has 2 atom stereocenters. The summed E-state index contributed by atoms with van der Waals surface area (Å²) in [4.78, 5) is 24.5. The molecule has 0 aliphatic heterocycles. The fourth-order valence-electron chi connectivity index (χ4n) is 9.28. The van der Waals surface area contributed by atoms with E-state index < -0.39 is 12.1 Å². The number of amides is 1. The molecule has 65 heavy (non-hydrogen) atoms. The molecular weight excluding hydrogens is 803 g/mol. The number of carbonyl (C=O) groups excluding carboxylic acids is 2. The molecule has 1 amide bonds. The third kappa shape index (κ3) is 51.8. The van der Waals surface area contributed by atoms with E-state index in [0.29, 0.717) is 25.9 Å². The van der Waals surface area contributed by atoms with Crippen LogP contribution in [-0.4, -0.2) is 47.4 Å². The van der Waals surface area contributed by atoms with Crippen molar-refractivity contribution >= 4 is 11.9 Å². The molecule has 386 valence electrons. The van der Waals surface area contributed by atoms with Gasteiger partial charge in [0.1, 0.15) is 0 Å². The van der Waals surface area contributed by atoms with Gasteiger partial charge in [0.05, 0.1) is 25.4 Å². The SMILES string of the molecule is CCCCCCCC/C=C\CCCCCCCC(=O)OCCCCCCCCCCCCCCCCC(=O)NC(CO)C(O)CCCCCCCCCCCCCCCCCCCCC. The summed E-state index contributed by atoms with van der Waals surface area (Å²) in [5.41, 5.74) is 0. The fraction of sp³-hybridized carbons (Fsp3) is 0.932. The van der Waals surface area contributed by atoms with Crippen molar-refractivity contribution in [2.24, 2.45) is 0 Å². The molecule has 0 saturated carbocycles. The zero-order valence-corrected chi connectivity index (χ0v) is 44.0. The molecule has 0 fully saturated rings. The normalized spacial score (nSPS) is 12.6. The molecule has 0 aromatic heterocycles. The molecule has 3 N–H and O–H groups in total. The van der Waals surface area contributed by atoms with Crippen LogP contribution in [0.1, 0.15) is 328 Å². The number of aliphatic hydroxyl groups excluding tert-OH is 2. The van der Waals surface area contributed by atoms with E-state index in [4.69, 9.17) is 4.74 Å². The summed E-state index contributed by atoms with van der Waals surface area (Å²) < 4.78 is 5.47. The van der Waals surface area contributed by atoms with Crippen molar-refractivity contribution < 1.29 is 24.5 Å². The molecule has 0 aliphatic rings. The summed E-state index contributed by atoms with van der Waals surface area (Å²) >= 11 is 0. The third-order valence-electron chi connectivity index (χ3n) is 13.8. The molecule has 6 heteroatoms. The van der Waals surface area contributed by atoms with Crippen LogP contribution in [0, 0.1) is 0 Å². The van der Waals surface area contributed by atoms with Crippen molar-refractivity contribution in [3.05, 3.63) is 12.2 Å². The fourth-order valence-corrected chi connectivity index (χ4v) is 9.28. The van der Waals surface area contributed by atoms with E-state index in [-0.39, 0.29) is 18.5 Å². The number of allylic oxidation sites excluding steroid dienone is 2. The van der Waals surface area contributed by atoms with Crippen LogP contribution in [0.25, 0.3) is 0 Å². The monoisotopic (exact) mass is 918 g/mol. The van der Waals surface area contributed by atoms with Crippen molar-refractivity contribution in [3.8, 4) is 0 Å². The van der Waals surface area contributed by atoms with E-state index in [1.165, 1.54) is 244 Å². The number of nitrogens with one attached hydrogen (secondary N) is 1. The molecule has 0 aromatic rings. The van der Waals surface area contributed by atoms with Gasteiger partial charge in [-0.2, -0.15) is 0 Å². The molecule has 0 rings (SSSR count). The Bertz CT molecular complexity index is 970. The first kappa shape index (κ1) is 63.6. The van der Waals surface area contributed by atoms with Gasteiger partial charge in [-0.3, -0.25) is 9.59 Å². The predicted octanol–water partition coefficient (Wildman–Crippen LogP) is 18.1. The average Bonchev–Trinajstić information content (AvgIpc) is 3.31. The maximum absolute atomic E-state index is 12.5. The second-order valence-corrected chi connectivity index (χ2v) is 20.3. The molecule has 2 unspecified atom stereocenters. The molecule has 6 nitrogen and oxygen atoms in total. The van der Waals surface area contributed by atoms with Gasteiger partial charge in [0.15, 0.2) is 0 Å². The van der Waals surface area contributed by atoms with Crippen molar-refractivity contribution in [2.75, 3.05) is 13.2 Å². The van der Waals surface area contributed by atoms with E-state index in [1.807, 2.05) is 0 Å². The summed E-state index contributed by atoms with van der Waals surface area (Å²) in [5, 5.41) is 23.3. The van der Waals surface area contributed by atoms with Gasteiger partial charge in [-0.25, -0.2) is 0 Å². The maximum Gasteiger partial charge on any atom is 0.305 e. The predicted molar refractivity (Wildman–Crippen MR) is 283 cm³/mol. The highest BCUT2D eigenvalue weighted by atomic mass is 16.5. The Morgan fingerprint density at radius 3 is 1.09 bits per heavy atom. The number of rotatable bonds is 55. The van der Waals surface area contributed by atoms with Gasteiger partial charge >= 0.3 is 5.97 Å². The quantitative estimate of drug-likeness (QED) is 0.0321. The van der Waals surface area contributed by atoms with Crippen LogP contribution in [0.5, 0.6) is 0 Å². The highest BCUT2D eigenvalue weighted by molar-refractivity contribution is 5.76. The van der Waals surface area contributed by atoms with Crippen LogP contribution >= 0.6 is 0 Å². The molecule has 0 saturated heterocycles. The lowest BCUT2D eigenvalue weighted by Gasteiger charge is -2.22. The summed E-state index contributed by atoms with van der Waals surface area (Å²) in [6.07, 6.45) is 64.8. The van der Waals surface area contributed by atoms with Crippen molar-refractivity contribution in [2.45, 2.75) is 341 Å². The largest absolute Gasteiger partial charge is 0.466 e. The third-order valence-corrected chi connectivity index (χ3v) is 13.8. The molecule has 0 bridgehead atoms. The summed E-state index contributed by atoms with van der Waals surface area (Å²) in [6, 6.07) is -0.549. The highest BCUT2D eigenvalue weighted by Crippen LogP contribution is 2.18. The lowest BCUT2D eigenvalue weighted by Crippen LogP contribution is -2.45. The number of aliphatic hydroxyl groups is 2. The number of esters is 1. The molecule has 0 radical (unpaired) electrons. The highest BCUT2D eigenvalue weighted by Gasteiger charge is 2.20. The topological polar surface area (TPSA) is 95.9 Å². The first-order chi connectivity index (χ1) is 32.0. The summed E-state index contributed by atoms with van der Waals surface area (Å²) in [5.74, 6) is -0.0517. The number of unbranched alkanes of at least 4 members (excludes halogenated alkanes) is 42. The minimum Gasteiger partial charge on any atom is -0.466 e. The summed E-state index contributed by atoms with van der Waals surface area (Å²) in [7, 11) is 0. The Hall–Kier alpha value is -1.40. The van der Waals surface area contributed by atoms with Crippen molar-refractivity contribution in [1.29, 1.82) is 0 Å². The van der Waals surface area contributed by atoms with Gasteiger partial charge in [-0.15, -0.1) is 0 Å². The van der Waals surface area contributed by atoms with E-state index in [0.717, 1.165) is 51.4 Å². The van der Waals surface area contributed by atoms with Gasteiger partial charge in [-0.1, -0.05) is 276 Å². The van der Waals surface area contributed by atoms with E-state index >= 15 is 0 Å². The van der Waals surface area contributed by atoms with Gasteiger partial charge in [-0.05, 0) is 51.4 Å². The first-order valence-electron chi connectivity index (χ1n) is 29.4. The van der Waals surface area contributed by atoms with E-state index in [9.17, 15) is 19.8 Å². The average molecular weight is 919 g/mol. The van der Waals surface area contributed by atoms with Crippen molar-refractivity contribution in [3.63, 3.8) is 0 Å². The minimum atomic E-state index is -0.671. The number of hydrogen-bond donors (Lipinski definition) is 3. The molecule has 0 aromatic carbocycles. The Balaban J connectivity index is 3.44. The maximum atomic E-state index is 12.5. The molecule has 0 aliphatic carbocycles. The van der Waals surface area contributed by atoms with Crippen LogP contribution in [-0.2, 0) is 14.3 Å². The van der Waals surface area contributed by atoms with E-state index in [2.05, 4.69) is 31.3 Å².